The van der Waals surface area contributed by atoms with Gasteiger partial charge in [0.15, 0.2) is 5.82 Å². The minimum absolute atomic E-state index is 0.0472. The Labute approximate surface area is 162 Å². The number of nitrogens with one attached hydrogen (secondary N) is 1. The average Bonchev–Trinajstić information content (AvgIpc) is 3.14. The third kappa shape index (κ3) is 3.80. The molecule has 28 heavy (non-hydrogen) atoms. The van der Waals surface area contributed by atoms with Crippen molar-refractivity contribution in [3.05, 3.63) is 54.0 Å². The molecular weight excluding hydrogens is 361 g/mol. The predicted molar refractivity (Wildman–Crippen MR) is 101 cm³/mol. The van der Waals surface area contributed by atoms with Gasteiger partial charge in [-0.1, -0.05) is 13.8 Å². The van der Waals surface area contributed by atoms with Crippen LogP contribution in [0.25, 0.3) is 22.6 Å². The fraction of sp³-hybridized carbons (Fsp3) is 0.350. The van der Waals surface area contributed by atoms with Crippen molar-refractivity contribution in [1.29, 1.82) is 0 Å². The highest BCUT2D eigenvalue weighted by molar-refractivity contribution is 5.76. The van der Waals surface area contributed by atoms with Gasteiger partial charge in [-0.15, -0.1) is 0 Å². The second kappa shape index (κ2) is 7.38. The number of nitrogens with two attached hydrogens (primary N) is 1. The van der Waals surface area contributed by atoms with Crippen molar-refractivity contribution in [3.8, 4) is 22.6 Å². The van der Waals surface area contributed by atoms with Crippen LogP contribution in [0.1, 0.15) is 31.8 Å². The van der Waals surface area contributed by atoms with Gasteiger partial charge in [0, 0.05) is 17.2 Å². The number of hydrogen-bond donors (Lipinski definition) is 2. The first-order chi connectivity index (χ1) is 13.4. The fourth-order valence-corrected chi connectivity index (χ4v) is 2.99. The highest BCUT2D eigenvalue weighted by Crippen LogP contribution is 2.35. The van der Waals surface area contributed by atoms with Gasteiger partial charge in [-0.05, 0) is 30.3 Å². The molecule has 2 aromatic heterocycles. The van der Waals surface area contributed by atoms with Crippen LogP contribution in [-0.4, -0.2) is 33.1 Å². The summed E-state index contributed by atoms with van der Waals surface area (Å²) in [5.41, 5.74) is 8.34. The van der Waals surface area contributed by atoms with Crippen LogP contribution in [0, 0.1) is 11.2 Å². The Morgan fingerprint density at radius 1 is 1.14 bits per heavy atom. The van der Waals surface area contributed by atoms with Gasteiger partial charge in [-0.25, -0.2) is 19.3 Å². The summed E-state index contributed by atoms with van der Waals surface area (Å²) in [5, 5.41) is 0. The van der Waals surface area contributed by atoms with Crippen LogP contribution in [-0.2, 0) is 16.0 Å². The maximum atomic E-state index is 13.4. The first-order valence-electron chi connectivity index (χ1n) is 9.06. The van der Waals surface area contributed by atoms with Gasteiger partial charge < -0.3 is 20.2 Å². The van der Waals surface area contributed by atoms with E-state index in [9.17, 15) is 4.39 Å². The minimum atomic E-state index is -0.600. The molecule has 1 fully saturated rings. The van der Waals surface area contributed by atoms with Crippen molar-refractivity contribution in [2.45, 2.75) is 26.7 Å². The van der Waals surface area contributed by atoms with Crippen LogP contribution in [0.4, 0.5) is 4.39 Å². The zero-order valence-corrected chi connectivity index (χ0v) is 15.8. The van der Waals surface area contributed by atoms with Crippen LogP contribution in [0.3, 0.4) is 0 Å². The van der Waals surface area contributed by atoms with Crippen LogP contribution in [0.15, 0.2) is 36.5 Å². The molecule has 8 heteroatoms. The Hall–Kier alpha value is -2.68. The summed E-state index contributed by atoms with van der Waals surface area (Å²) in [6.45, 7) is 5.51. The van der Waals surface area contributed by atoms with Gasteiger partial charge in [-0.2, -0.15) is 0 Å². The lowest BCUT2D eigenvalue weighted by molar-refractivity contribution is -0.229. The summed E-state index contributed by atoms with van der Waals surface area (Å²) in [6.07, 6.45) is 1.05. The maximum absolute atomic E-state index is 13.4. The van der Waals surface area contributed by atoms with Gasteiger partial charge in [0.25, 0.3) is 0 Å². The number of aromatic nitrogens is 4. The van der Waals surface area contributed by atoms with E-state index in [-0.39, 0.29) is 17.8 Å². The summed E-state index contributed by atoms with van der Waals surface area (Å²) in [5.74, 6) is 0.748. The molecule has 3 heterocycles. The van der Waals surface area contributed by atoms with E-state index in [4.69, 9.17) is 20.2 Å². The normalized spacial score (nSPS) is 17.0. The summed E-state index contributed by atoms with van der Waals surface area (Å²) < 4.78 is 25.1. The molecule has 7 nitrogen and oxygen atoms in total. The van der Waals surface area contributed by atoms with Crippen molar-refractivity contribution < 1.29 is 13.9 Å². The van der Waals surface area contributed by atoms with Gasteiger partial charge in [0.2, 0.25) is 6.29 Å². The Morgan fingerprint density at radius 2 is 1.86 bits per heavy atom. The third-order valence-electron chi connectivity index (χ3n) is 4.46. The smallest absolute Gasteiger partial charge is 0.217 e. The molecule has 1 aliphatic rings. The molecule has 0 unspecified atom stereocenters. The Kier molecular flexibility index (Phi) is 4.92. The third-order valence-corrected chi connectivity index (χ3v) is 4.46. The maximum Gasteiger partial charge on any atom is 0.217 e. The zero-order valence-electron chi connectivity index (χ0n) is 15.8. The monoisotopic (exact) mass is 383 g/mol. The molecule has 0 atom stereocenters. The zero-order chi connectivity index (χ0) is 19.7. The van der Waals surface area contributed by atoms with Crippen molar-refractivity contribution in [3.63, 3.8) is 0 Å². The molecule has 1 saturated heterocycles. The van der Waals surface area contributed by atoms with Crippen LogP contribution in [0.2, 0.25) is 0 Å². The summed E-state index contributed by atoms with van der Waals surface area (Å²) in [6, 6.07) is 7.92. The minimum Gasteiger partial charge on any atom is -0.345 e. The number of aromatic amines is 1. The largest absolute Gasteiger partial charge is 0.345 e. The van der Waals surface area contributed by atoms with Crippen molar-refractivity contribution in [2.75, 3.05) is 13.2 Å². The summed E-state index contributed by atoms with van der Waals surface area (Å²) in [4.78, 5) is 16.6. The molecule has 0 radical (unpaired) electrons. The Balaban J connectivity index is 1.76. The van der Waals surface area contributed by atoms with Gasteiger partial charge >= 0.3 is 0 Å². The summed E-state index contributed by atoms with van der Waals surface area (Å²) >= 11 is 0. The number of hydrogen-bond acceptors (Lipinski definition) is 6. The molecule has 146 valence electrons. The number of ether oxygens (including phenoxy) is 2. The first kappa shape index (κ1) is 18.7. The molecule has 0 spiro atoms. The highest BCUT2D eigenvalue weighted by atomic mass is 19.1. The summed E-state index contributed by atoms with van der Waals surface area (Å²) in [7, 11) is 0. The van der Waals surface area contributed by atoms with E-state index in [0.717, 1.165) is 5.56 Å². The number of imidazole rings is 1. The molecule has 0 aliphatic carbocycles. The van der Waals surface area contributed by atoms with Gasteiger partial charge in [0.1, 0.15) is 11.6 Å². The lowest BCUT2D eigenvalue weighted by Gasteiger charge is -2.33. The van der Waals surface area contributed by atoms with E-state index in [1.54, 1.807) is 24.4 Å². The number of halogens is 1. The molecule has 1 aromatic carbocycles. The van der Waals surface area contributed by atoms with Crippen LogP contribution in [0.5, 0.6) is 0 Å². The van der Waals surface area contributed by atoms with Crippen LogP contribution < -0.4 is 5.73 Å². The highest BCUT2D eigenvalue weighted by Gasteiger charge is 2.31. The van der Waals surface area contributed by atoms with E-state index in [0.29, 0.717) is 41.9 Å². The molecule has 3 N–H and O–H groups in total. The van der Waals surface area contributed by atoms with E-state index < -0.39 is 6.29 Å². The first-order valence-corrected chi connectivity index (χ1v) is 9.06. The van der Waals surface area contributed by atoms with Gasteiger partial charge in [-0.3, -0.25) is 0 Å². The SMILES string of the molecule is CC1(C)COC(c2nc(-c3ccc(F)cc3)c(-c3ccnc(CN)n3)[nH]2)OC1. The number of benzene rings is 1. The molecule has 3 aromatic rings. The Bertz CT molecular complexity index is 961. The van der Waals surface area contributed by atoms with E-state index in [1.807, 2.05) is 0 Å². The number of nitrogens with zero attached hydrogens (tertiary/aromatic N) is 3. The standard InChI is InChI=1S/C20H22FN5O2/c1-20(2)10-27-19(28-11-20)18-25-16(12-3-5-13(21)6-4-12)17(26-18)14-7-8-23-15(9-22)24-14/h3-8,19H,9-11,22H2,1-2H3,(H,25,26). The fourth-order valence-electron chi connectivity index (χ4n) is 2.99. The van der Waals surface area contributed by atoms with Crippen LogP contribution >= 0.6 is 0 Å². The number of H-pyrrole nitrogens is 1. The molecule has 0 saturated carbocycles. The molecule has 4 rings (SSSR count). The average molecular weight is 383 g/mol. The second-order valence-electron chi connectivity index (χ2n) is 7.53. The quantitative estimate of drug-likeness (QED) is 0.718. The van der Waals surface area contributed by atoms with Crippen molar-refractivity contribution >= 4 is 0 Å². The van der Waals surface area contributed by atoms with Crippen molar-refractivity contribution in [1.82, 2.24) is 19.9 Å². The number of rotatable bonds is 4. The molecular formula is C20H22FN5O2. The topological polar surface area (TPSA) is 98.9 Å². The Morgan fingerprint density at radius 3 is 2.54 bits per heavy atom. The molecule has 1 aliphatic heterocycles. The second-order valence-corrected chi connectivity index (χ2v) is 7.53. The predicted octanol–water partition coefficient (Wildman–Crippen LogP) is 3.20. The van der Waals surface area contributed by atoms with E-state index >= 15 is 0 Å². The lowest BCUT2D eigenvalue weighted by atomic mass is 9.96. The molecule has 0 amide bonds. The van der Waals surface area contributed by atoms with Crippen molar-refractivity contribution in [2.24, 2.45) is 11.1 Å². The van der Waals surface area contributed by atoms with E-state index in [2.05, 4.69) is 28.8 Å². The lowest BCUT2D eigenvalue weighted by Crippen LogP contribution is -2.34. The van der Waals surface area contributed by atoms with E-state index in [1.165, 1.54) is 12.1 Å². The molecule has 0 bridgehead atoms. The van der Waals surface area contributed by atoms with Gasteiger partial charge in [0.05, 0.1) is 36.8 Å².